The van der Waals surface area contributed by atoms with Crippen LogP contribution < -0.4 is 16.4 Å². The number of anilines is 1. The Bertz CT molecular complexity index is 740. The molecule has 4 N–H and O–H groups in total. The number of hydrogen-bond donors (Lipinski definition) is 3. The first-order valence-corrected chi connectivity index (χ1v) is 7.82. The van der Waals surface area contributed by atoms with Crippen molar-refractivity contribution in [2.24, 2.45) is 5.73 Å². The Labute approximate surface area is 142 Å². The molecule has 0 atom stereocenters. The standard InChI is InChI=1S/C19H23N3O2/c1-13-9-10-15(18(24)22-19(2,3)12-20)11-16(13)21-17(23)14-7-5-4-6-8-14/h4-11H,12,20H2,1-3H3,(H,21,23)(H,22,24). The number of carbonyl (C=O) groups is 2. The smallest absolute Gasteiger partial charge is 0.255 e. The maximum atomic E-state index is 12.4. The van der Waals surface area contributed by atoms with E-state index in [9.17, 15) is 9.59 Å². The molecule has 0 bridgehead atoms. The monoisotopic (exact) mass is 325 g/mol. The molecule has 0 saturated heterocycles. The molecule has 5 nitrogen and oxygen atoms in total. The van der Waals surface area contributed by atoms with Gasteiger partial charge in [0.25, 0.3) is 11.8 Å². The number of nitrogens with one attached hydrogen (secondary N) is 2. The number of hydrogen-bond acceptors (Lipinski definition) is 3. The third kappa shape index (κ3) is 4.43. The predicted molar refractivity (Wildman–Crippen MR) is 96.2 cm³/mol. The number of carbonyl (C=O) groups excluding carboxylic acids is 2. The number of benzene rings is 2. The zero-order chi connectivity index (χ0) is 17.7. The summed E-state index contributed by atoms with van der Waals surface area (Å²) in [5.41, 5.74) is 7.69. The van der Waals surface area contributed by atoms with Crippen LogP contribution in [0.15, 0.2) is 48.5 Å². The van der Waals surface area contributed by atoms with Crippen molar-refractivity contribution >= 4 is 17.5 Å². The molecule has 2 amide bonds. The van der Waals surface area contributed by atoms with E-state index in [1.165, 1.54) is 0 Å². The third-order valence-corrected chi connectivity index (χ3v) is 3.75. The summed E-state index contributed by atoms with van der Waals surface area (Å²) in [6.07, 6.45) is 0. The van der Waals surface area contributed by atoms with Gasteiger partial charge in [0.1, 0.15) is 0 Å². The molecule has 0 spiro atoms. The van der Waals surface area contributed by atoms with E-state index >= 15 is 0 Å². The molecule has 2 aromatic carbocycles. The van der Waals surface area contributed by atoms with Crippen molar-refractivity contribution in [2.75, 3.05) is 11.9 Å². The van der Waals surface area contributed by atoms with Crippen molar-refractivity contribution < 1.29 is 9.59 Å². The normalized spacial score (nSPS) is 11.0. The summed E-state index contributed by atoms with van der Waals surface area (Å²) in [5, 5.41) is 5.73. The van der Waals surface area contributed by atoms with Crippen LogP contribution in [-0.4, -0.2) is 23.9 Å². The molecule has 5 heteroatoms. The van der Waals surface area contributed by atoms with Crippen molar-refractivity contribution in [3.8, 4) is 0 Å². The number of nitrogens with two attached hydrogens (primary N) is 1. The second kappa shape index (κ2) is 7.27. The van der Waals surface area contributed by atoms with E-state index in [1.807, 2.05) is 32.9 Å². The van der Waals surface area contributed by atoms with Crippen LogP contribution in [0.25, 0.3) is 0 Å². The Kier molecular flexibility index (Phi) is 5.36. The molecule has 0 unspecified atom stereocenters. The van der Waals surface area contributed by atoms with Crippen molar-refractivity contribution in [3.63, 3.8) is 0 Å². The second-order valence-corrected chi connectivity index (χ2v) is 6.39. The third-order valence-electron chi connectivity index (χ3n) is 3.75. The van der Waals surface area contributed by atoms with E-state index in [0.717, 1.165) is 5.56 Å². The van der Waals surface area contributed by atoms with Gasteiger partial charge in [0, 0.05) is 28.9 Å². The maximum absolute atomic E-state index is 12.4. The highest BCUT2D eigenvalue weighted by atomic mass is 16.2. The Balaban J connectivity index is 2.20. The highest BCUT2D eigenvalue weighted by Crippen LogP contribution is 2.18. The molecule has 2 rings (SSSR count). The van der Waals surface area contributed by atoms with Gasteiger partial charge in [-0.2, -0.15) is 0 Å². The van der Waals surface area contributed by atoms with Gasteiger partial charge >= 0.3 is 0 Å². The van der Waals surface area contributed by atoms with Crippen LogP contribution in [0.4, 0.5) is 5.69 Å². The van der Waals surface area contributed by atoms with Gasteiger partial charge in [-0.05, 0) is 50.6 Å². The molecule has 126 valence electrons. The van der Waals surface area contributed by atoms with E-state index in [4.69, 9.17) is 5.73 Å². The van der Waals surface area contributed by atoms with Crippen LogP contribution in [0, 0.1) is 6.92 Å². The second-order valence-electron chi connectivity index (χ2n) is 6.39. The van der Waals surface area contributed by atoms with Crippen molar-refractivity contribution in [1.29, 1.82) is 0 Å². The lowest BCUT2D eigenvalue weighted by atomic mass is 10.0. The average molecular weight is 325 g/mol. The summed E-state index contributed by atoms with van der Waals surface area (Å²) in [5.74, 6) is -0.431. The van der Waals surface area contributed by atoms with E-state index < -0.39 is 5.54 Å². The number of rotatable bonds is 5. The minimum atomic E-state index is -0.491. The topological polar surface area (TPSA) is 84.2 Å². The molecule has 24 heavy (non-hydrogen) atoms. The maximum Gasteiger partial charge on any atom is 0.255 e. The van der Waals surface area contributed by atoms with Crippen molar-refractivity contribution in [3.05, 3.63) is 65.2 Å². The van der Waals surface area contributed by atoms with E-state index in [1.54, 1.807) is 36.4 Å². The lowest BCUT2D eigenvalue weighted by Crippen LogP contribution is -2.48. The molecular formula is C19H23N3O2. The predicted octanol–water partition coefficient (Wildman–Crippen LogP) is 2.71. The first-order valence-electron chi connectivity index (χ1n) is 7.82. The summed E-state index contributed by atoms with van der Waals surface area (Å²) in [6, 6.07) is 14.2. The summed E-state index contributed by atoms with van der Waals surface area (Å²) in [6.45, 7) is 5.93. The first kappa shape index (κ1) is 17.7. The highest BCUT2D eigenvalue weighted by Gasteiger charge is 2.20. The summed E-state index contributed by atoms with van der Waals surface area (Å²) in [4.78, 5) is 24.7. The fraction of sp³-hybridized carbons (Fsp3) is 0.263. The lowest BCUT2D eigenvalue weighted by molar-refractivity contribution is 0.0914. The molecule has 0 radical (unpaired) electrons. The van der Waals surface area contributed by atoms with Gasteiger partial charge in [0.15, 0.2) is 0 Å². The largest absolute Gasteiger partial charge is 0.346 e. The Morgan fingerprint density at radius 3 is 2.29 bits per heavy atom. The molecule has 0 fully saturated rings. The quantitative estimate of drug-likeness (QED) is 0.790. The average Bonchev–Trinajstić information content (AvgIpc) is 2.57. The fourth-order valence-corrected chi connectivity index (χ4v) is 2.11. The van der Waals surface area contributed by atoms with Crippen molar-refractivity contribution in [2.45, 2.75) is 26.3 Å². The van der Waals surface area contributed by atoms with Crippen LogP contribution in [0.5, 0.6) is 0 Å². The van der Waals surface area contributed by atoms with E-state index in [0.29, 0.717) is 23.4 Å². The van der Waals surface area contributed by atoms with Crippen LogP contribution >= 0.6 is 0 Å². The van der Waals surface area contributed by atoms with Crippen LogP contribution in [0.3, 0.4) is 0 Å². The van der Waals surface area contributed by atoms with Gasteiger partial charge in [-0.15, -0.1) is 0 Å². The molecule has 2 aromatic rings. The van der Waals surface area contributed by atoms with Gasteiger partial charge in [0.05, 0.1) is 0 Å². The Morgan fingerprint density at radius 1 is 1.00 bits per heavy atom. The van der Waals surface area contributed by atoms with Crippen LogP contribution in [-0.2, 0) is 0 Å². The van der Waals surface area contributed by atoms with E-state index in [-0.39, 0.29) is 11.8 Å². The van der Waals surface area contributed by atoms with Crippen LogP contribution in [0.2, 0.25) is 0 Å². The summed E-state index contributed by atoms with van der Waals surface area (Å²) < 4.78 is 0. The highest BCUT2D eigenvalue weighted by molar-refractivity contribution is 6.05. The minimum absolute atomic E-state index is 0.210. The number of amides is 2. The van der Waals surface area contributed by atoms with E-state index in [2.05, 4.69) is 10.6 Å². The fourth-order valence-electron chi connectivity index (χ4n) is 2.11. The van der Waals surface area contributed by atoms with Gasteiger partial charge < -0.3 is 16.4 Å². The summed E-state index contributed by atoms with van der Waals surface area (Å²) in [7, 11) is 0. The Morgan fingerprint density at radius 2 is 1.67 bits per heavy atom. The molecule has 0 aliphatic rings. The molecular weight excluding hydrogens is 302 g/mol. The minimum Gasteiger partial charge on any atom is -0.346 e. The van der Waals surface area contributed by atoms with Gasteiger partial charge in [-0.1, -0.05) is 24.3 Å². The number of aryl methyl sites for hydroxylation is 1. The van der Waals surface area contributed by atoms with Crippen molar-refractivity contribution in [1.82, 2.24) is 5.32 Å². The molecule has 0 heterocycles. The van der Waals surface area contributed by atoms with Crippen LogP contribution in [0.1, 0.15) is 40.1 Å². The zero-order valence-corrected chi connectivity index (χ0v) is 14.2. The molecule has 0 aliphatic carbocycles. The molecule has 0 aromatic heterocycles. The first-order chi connectivity index (χ1) is 11.3. The Hall–Kier alpha value is -2.66. The van der Waals surface area contributed by atoms with Gasteiger partial charge in [0.2, 0.25) is 0 Å². The molecule has 0 aliphatic heterocycles. The lowest BCUT2D eigenvalue weighted by Gasteiger charge is -2.24. The summed E-state index contributed by atoms with van der Waals surface area (Å²) >= 11 is 0. The SMILES string of the molecule is Cc1ccc(C(=O)NC(C)(C)CN)cc1NC(=O)c1ccccc1. The van der Waals surface area contributed by atoms with Gasteiger partial charge in [-0.25, -0.2) is 0 Å². The van der Waals surface area contributed by atoms with Gasteiger partial charge in [-0.3, -0.25) is 9.59 Å². The molecule has 0 saturated carbocycles. The zero-order valence-electron chi connectivity index (χ0n) is 14.2.